The molecule has 0 radical (unpaired) electrons. The molecule has 2 nitrogen and oxygen atoms in total. The molecule has 3 heteroatoms. The minimum absolute atomic E-state index is 0. The molecule has 0 bridgehead atoms. The normalized spacial score (nSPS) is 9.95. The van der Waals surface area contributed by atoms with Crippen molar-refractivity contribution in [3.05, 3.63) is 60.2 Å². The van der Waals surface area contributed by atoms with Crippen LogP contribution in [0.2, 0.25) is 0 Å². The molecule has 0 spiro atoms. The van der Waals surface area contributed by atoms with Gasteiger partial charge in [-0.25, -0.2) is 0 Å². The Hall–Kier alpha value is -1.35. The van der Waals surface area contributed by atoms with Crippen molar-refractivity contribution in [2.24, 2.45) is 0 Å². The molecular weight excluding hydrogens is 258 g/mol. The molecule has 2 aromatic carbocycles. The van der Waals surface area contributed by atoms with Gasteiger partial charge in [0.05, 0.1) is 0 Å². The minimum Gasteiger partial charge on any atom is -0.396 e. The zero-order valence-electron chi connectivity index (χ0n) is 10.9. The van der Waals surface area contributed by atoms with Gasteiger partial charge >= 0.3 is 0 Å². The van der Waals surface area contributed by atoms with Crippen molar-refractivity contribution in [2.45, 2.75) is 13.0 Å². The van der Waals surface area contributed by atoms with Crippen LogP contribution in [0.5, 0.6) is 0 Å². The van der Waals surface area contributed by atoms with Gasteiger partial charge in [0.2, 0.25) is 0 Å². The average Bonchev–Trinajstić information content (AvgIpc) is 2.45. The number of rotatable bonds is 6. The number of hydrogen-bond acceptors (Lipinski definition) is 2. The second-order valence-electron chi connectivity index (χ2n) is 4.32. The first kappa shape index (κ1) is 15.7. The molecule has 0 unspecified atom stereocenters. The van der Waals surface area contributed by atoms with Gasteiger partial charge in [0.1, 0.15) is 0 Å². The molecule has 0 amide bonds. The summed E-state index contributed by atoms with van der Waals surface area (Å²) in [6, 6.07) is 19.0. The first-order valence-corrected chi connectivity index (χ1v) is 6.36. The summed E-state index contributed by atoms with van der Waals surface area (Å²) in [4.78, 5) is 0. The van der Waals surface area contributed by atoms with Crippen LogP contribution in [-0.2, 0) is 6.54 Å². The van der Waals surface area contributed by atoms with Crippen molar-refractivity contribution in [3.8, 4) is 11.1 Å². The molecular formula is C16H20ClNO. The van der Waals surface area contributed by atoms with E-state index in [0.717, 1.165) is 19.5 Å². The highest BCUT2D eigenvalue weighted by atomic mass is 35.5. The maximum Gasteiger partial charge on any atom is 0.0443 e. The summed E-state index contributed by atoms with van der Waals surface area (Å²) >= 11 is 0. The molecule has 0 fully saturated rings. The van der Waals surface area contributed by atoms with Gasteiger partial charge in [-0.2, -0.15) is 0 Å². The summed E-state index contributed by atoms with van der Waals surface area (Å²) < 4.78 is 0. The first-order chi connectivity index (χ1) is 8.90. The topological polar surface area (TPSA) is 32.3 Å². The van der Waals surface area contributed by atoms with Crippen molar-refractivity contribution in [3.63, 3.8) is 0 Å². The third-order valence-corrected chi connectivity index (χ3v) is 2.90. The lowest BCUT2D eigenvalue weighted by atomic mass is 10.0. The van der Waals surface area contributed by atoms with E-state index in [2.05, 4.69) is 53.8 Å². The Morgan fingerprint density at radius 3 is 2.11 bits per heavy atom. The fourth-order valence-corrected chi connectivity index (χ4v) is 1.88. The Kier molecular flexibility index (Phi) is 7.19. The molecule has 0 atom stereocenters. The monoisotopic (exact) mass is 277 g/mol. The number of hydrogen-bond donors (Lipinski definition) is 2. The number of nitrogens with one attached hydrogen (secondary N) is 1. The standard InChI is InChI=1S/C16H19NO.ClH/c18-12-4-11-17-13-14-7-9-16(10-8-14)15-5-2-1-3-6-15;/h1-3,5-10,17-18H,4,11-13H2;1H. The van der Waals surface area contributed by atoms with Gasteiger partial charge in [-0.15, -0.1) is 12.4 Å². The lowest BCUT2D eigenvalue weighted by Crippen LogP contribution is -2.15. The van der Waals surface area contributed by atoms with Crippen molar-refractivity contribution >= 4 is 12.4 Å². The molecule has 0 saturated heterocycles. The van der Waals surface area contributed by atoms with E-state index in [1.807, 2.05) is 6.07 Å². The number of aliphatic hydroxyl groups is 1. The van der Waals surface area contributed by atoms with E-state index in [1.165, 1.54) is 16.7 Å². The quantitative estimate of drug-likeness (QED) is 0.795. The Labute approximate surface area is 120 Å². The highest BCUT2D eigenvalue weighted by molar-refractivity contribution is 5.85. The molecule has 2 rings (SSSR count). The van der Waals surface area contributed by atoms with Crippen LogP contribution in [0, 0.1) is 0 Å². The predicted octanol–water partition coefficient (Wildman–Crippen LogP) is 3.25. The smallest absolute Gasteiger partial charge is 0.0443 e. The predicted molar refractivity (Wildman–Crippen MR) is 82.5 cm³/mol. The van der Waals surface area contributed by atoms with Crippen LogP contribution in [0.15, 0.2) is 54.6 Å². The van der Waals surface area contributed by atoms with E-state index in [4.69, 9.17) is 5.11 Å². The minimum atomic E-state index is 0. The van der Waals surface area contributed by atoms with Crippen molar-refractivity contribution < 1.29 is 5.11 Å². The number of aliphatic hydroxyl groups excluding tert-OH is 1. The Bertz CT molecular complexity index is 456. The van der Waals surface area contributed by atoms with Crippen LogP contribution in [0.3, 0.4) is 0 Å². The summed E-state index contributed by atoms with van der Waals surface area (Å²) in [6.07, 6.45) is 0.808. The van der Waals surface area contributed by atoms with Crippen molar-refractivity contribution in [1.82, 2.24) is 5.32 Å². The van der Waals surface area contributed by atoms with E-state index in [0.29, 0.717) is 0 Å². The molecule has 0 aliphatic carbocycles. The van der Waals surface area contributed by atoms with Crippen LogP contribution < -0.4 is 5.32 Å². The fourth-order valence-electron chi connectivity index (χ4n) is 1.88. The molecule has 102 valence electrons. The van der Waals surface area contributed by atoms with Crippen LogP contribution in [0.4, 0.5) is 0 Å². The number of halogens is 1. The molecule has 0 aliphatic rings. The van der Waals surface area contributed by atoms with Crippen molar-refractivity contribution in [2.75, 3.05) is 13.2 Å². The average molecular weight is 278 g/mol. The summed E-state index contributed by atoms with van der Waals surface area (Å²) in [5, 5.41) is 12.0. The van der Waals surface area contributed by atoms with E-state index in [9.17, 15) is 0 Å². The van der Waals surface area contributed by atoms with Gasteiger partial charge in [0, 0.05) is 13.2 Å². The van der Waals surface area contributed by atoms with Gasteiger partial charge < -0.3 is 10.4 Å². The van der Waals surface area contributed by atoms with Gasteiger partial charge in [-0.3, -0.25) is 0 Å². The Morgan fingerprint density at radius 1 is 0.842 bits per heavy atom. The summed E-state index contributed by atoms with van der Waals surface area (Å²) in [7, 11) is 0. The molecule has 0 heterocycles. The van der Waals surface area contributed by atoms with Gasteiger partial charge in [0.25, 0.3) is 0 Å². The van der Waals surface area contributed by atoms with E-state index in [-0.39, 0.29) is 19.0 Å². The molecule has 2 N–H and O–H groups in total. The molecule has 0 aliphatic heterocycles. The van der Waals surface area contributed by atoms with Gasteiger partial charge in [-0.05, 0) is 29.7 Å². The van der Waals surface area contributed by atoms with Crippen molar-refractivity contribution in [1.29, 1.82) is 0 Å². The maximum absolute atomic E-state index is 8.69. The summed E-state index contributed by atoms with van der Waals surface area (Å²) in [6.45, 7) is 1.96. The number of benzene rings is 2. The summed E-state index contributed by atoms with van der Waals surface area (Å²) in [5.41, 5.74) is 3.76. The Balaban J connectivity index is 0.00000180. The lowest BCUT2D eigenvalue weighted by Gasteiger charge is -2.06. The van der Waals surface area contributed by atoms with Crippen LogP contribution >= 0.6 is 12.4 Å². The van der Waals surface area contributed by atoms with Gasteiger partial charge in [-0.1, -0.05) is 54.6 Å². The fraction of sp³-hybridized carbons (Fsp3) is 0.250. The zero-order chi connectivity index (χ0) is 12.6. The third-order valence-electron chi connectivity index (χ3n) is 2.90. The molecule has 19 heavy (non-hydrogen) atoms. The molecule has 0 saturated carbocycles. The zero-order valence-corrected chi connectivity index (χ0v) is 11.7. The second-order valence-corrected chi connectivity index (χ2v) is 4.32. The SMILES string of the molecule is Cl.OCCCNCc1ccc(-c2ccccc2)cc1. The van der Waals surface area contributed by atoms with E-state index in [1.54, 1.807) is 0 Å². The summed E-state index contributed by atoms with van der Waals surface area (Å²) in [5.74, 6) is 0. The molecule has 2 aromatic rings. The highest BCUT2D eigenvalue weighted by Gasteiger charge is 1.97. The van der Waals surface area contributed by atoms with E-state index < -0.39 is 0 Å². The van der Waals surface area contributed by atoms with E-state index >= 15 is 0 Å². The van der Waals surface area contributed by atoms with Crippen LogP contribution in [0.25, 0.3) is 11.1 Å². The second kappa shape index (κ2) is 8.70. The third kappa shape index (κ3) is 5.03. The first-order valence-electron chi connectivity index (χ1n) is 6.36. The Morgan fingerprint density at radius 2 is 1.47 bits per heavy atom. The van der Waals surface area contributed by atoms with Crippen LogP contribution in [-0.4, -0.2) is 18.3 Å². The largest absolute Gasteiger partial charge is 0.396 e. The molecule has 0 aromatic heterocycles. The van der Waals surface area contributed by atoms with Crippen LogP contribution in [0.1, 0.15) is 12.0 Å². The lowest BCUT2D eigenvalue weighted by molar-refractivity contribution is 0.286. The van der Waals surface area contributed by atoms with Gasteiger partial charge in [0.15, 0.2) is 0 Å². The highest BCUT2D eigenvalue weighted by Crippen LogP contribution is 2.19. The maximum atomic E-state index is 8.69.